The molecule has 0 spiro atoms. The number of isocyanates is 2. The molecule has 0 aliphatic carbocycles. The number of nitrogens with one attached hydrogen (secondary N) is 2. The van der Waals surface area contributed by atoms with Crippen LogP contribution in [0.5, 0.6) is 0 Å². The first-order chi connectivity index (χ1) is 7.17. The minimum atomic E-state index is -0.0443. The van der Waals surface area contributed by atoms with E-state index >= 15 is 0 Å². The fourth-order valence-corrected chi connectivity index (χ4v) is 0.620. The standard InChI is InChI=1S/C6H14O3.2CHNO/c7-3-1-2-6(4-8)5-9;2*2-1-3/h6-9H,1-5H2;2*2H. The number of rotatable bonds is 5. The maximum absolute atomic E-state index is 8.51. The lowest BCUT2D eigenvalue weighted by Gasteiger charge is -2.07. The lowest BCUT2D eigenvalue weighted by Crippen LogP contribution is -2.11. The zero-order valence-corrected chi connectivity index (χ0v) is 8.27. The maximum Gasteiger partial charge on any atom is 0.231 e. The van der Waals surface area contributed by atoms with Gasteiger partial charge in [-0.05, 0) is 12.8 Å². The van der Waals surface area contributed by atoms with Crippen LogP contribution in [0.3, 0.4) is 0 Å². The molecule has 0 rings (SSSR count). The molecule has 0 unspecified atom stereocenters. The summed E-state index contributed by atoms with van der Waals surface area (Å²) < 4.78 is 0. The summed E-state index contributed by atoms with van der Waals surface area (Å²) in [4.78, 5) is 16.7. The molecule has 5 N–H and O–H groups in total. The molecule has 0 atom stereocenters. The van der Waals surface area contributed by atoms with Gasteiger partial charge in [-0.15, -0.1) is 0 Å². The Balaban J connectivity index is -0.000000200. The molecule has 0 bridgehead atoms. The molecular formula is C8H16N2O5. The van der Waals surface area contributed by atoms with E-state index < -0.39 is 0 Å². The van der Waals surface area contributed by atoms with Gasteiger partial charge in [0.2, 0.25) is 12.2 Å². The molecule has 0 aliphatic rings. The molecule has 0 aromatic heterocycles. The van der Waals surface area contributed by atoms with Crippen molar-refractivity contribution in [2.45, 2.75) is 12.8 Å². The van der Waals surface area contributed by atoms with Crippen molar-refractivity contribution in [3.63, 3.8) is 0 Å². The quantitative estimate of drug-likeness (QED) is 0.303. The van der Waals surface area contributed by atoms with Crippen molar-refractivity contribution in [3.8, 4) is 0 Å². The molecule has 0 amide bonds. The summed E-state index contributed by atoms with van der Waals surface area (Å²) in [7, 11) is 0. The van der Waals surface area contributed by atoms with Crippen LogP contribution in [0.4, 0.5) is 0 Å². The van der Waals surface area contributed by atoms with E-state index in [0.717, 1.165) is 12.2 Å². The summed E-state index contributed by atoms with van der Waals surface area (Å²) in [5, 5.41) is 36.2. The third-order valence-electron chi connectivity index (χ3n) is 1.29. The predicted octanol–water partition coefficient (Wildman–Crippen LogP) is -0.838. The number of aliphatic hydroxyl groups excluding tert-OH is 3. The van der Waals surface area contributed by atoms with Crippen LogP contribution in [0.25, 0.3) is 0 Å². The fraction of sp³-hybridized carbons (Fsp3) is 0.750. The topological polar surface area (TPSA) is 143 Å². The van der Waals surface area contributed by atoms with Gasteiger partial charge in [0.1, 0.15) is 0 Å². The highest BCUT2D eigenvalue weighted by Gasteiger charge is 2.03. The smallest absolute Gasteiger partial charge is 0.231 e. The van der Waals surface area contributed by atoms with Crippen molar-refractivity contribution in [2.24, 2.45) is 5.92 Å². The second-order valence-corrected chi connectivity index (χ2v) is 2.30. The Kier molecular flexibility index (Phi) is 29.4. The molecule has 7 heteroatoms. The number of hydrogen-bond donors (Lipinski definition) is 5. The highest BCUT2D eigenvalue weighted by atomic mass is 16.3. The maximum atomic E-state index is 8.51. The van der Waals surface area contributed by atoms with Crippen molar-refractivity contribution in [1.82, 2.24) is 0 Å². The van der Waals surface area contributed by atoms with Crippen molar-refractivity contribution in [1.29, 1.82) is 10.8 Å². The minimum Gasteiger partial charge on any atom is -0.396 e. The van der Waals surface area contributed by atoms with Gasteiger partial charge in [-0.25, -0.2) is 20.4 Å². The molecule has 0 saturated carbocycles. The fourth-order valence-electron chi connectivity index (χ4n) is 0.620. The third kappa shape index (κ3) is 32.5. The van der Waals surface area contributed by atoms with Gasteiger partial charge in [0.15, 0.2) is 0 Å². The summed E-state index contributed by atoms with van der Waals surface area (Å²) in [6.45, 7) is 0.156. The average molecular weight is 220 g/mol. The van der Waals surface area contributed by atoms with Gasteiger partial charge in [-0.3, -0.25) is 0 Å². The van der Waals surface area contributed by atoms with Crippen LogP contribution in [0.2, 0.25) is 0 Å². The predicted molar refractivity (Wildman–Crippen MR) is 50.8 cm³/mol. The average Bonchev–Trinajstić information content (AvgIpc) is 2.22. The molecule has 0 fully saturated rings. The second-order valence-electron chi connectivity index (χ2n) is 2.30. The van der Waals surface area contributed by atoms with Gasteiger partial charge < -0.3 is 15.3 Å². The molecular weight excluding hydrogens is 204 g/mol. The molecule has 0 aromatic rings. The molecule has 0 saturated heterocycles. The Morgan fingerprint density at radius 1 is 1.00 bits per heavy atom. The molecule has 0 heterocycles. The molecule has 0 aromatic carbocycles. The summed E-state index contributed by atoms with van der Waals surface area (Å²) in [5.41, 5.74) is 0. The number of hydrogen-bond acceptors (Lipinski definition) is 7. The Bertz CT molecular complexity index is 158. The minimum absolute atomic E-state index is 0.0104. The van der Waals surface area contributed by atoms with E-state index in [2.05, 4.69) is 0 Å². The Morgan fingerprint density at radius 2 is 1.33 bits per heavy atom. The number of aliphatic hydroxyl groups is 3. The summed E-state index contributed by atoms with van der Waals surface area (Å²) in [6.07, 6.45) is 2.86. The van der Waals surface area contributed by atoms with Gasteiger partial charge >= 0.3 is 0 Å². The normalized spacial score (nSPS) is 7.47. The zero-order valence-electron chi connectivity index (χ0n) is 8.27. The highest BCUT2D eigenvalue weighted by molar-refractivity contribution is 5.26. The van der Waals surface area contributed by atoms with E-state index in [4.69, 9.17) is 35.7 Å². The molecule has 0 aliphatic heterocycles. The van der Waals surface area contributed by atoms with Crippen LogP contribution < -0.4 is 0 Å². The molecule has 0 radical (unpaired) electrons. The lowest BCUT2D eigenvalue weighted by molar-refractivity contribution is 0.136. The van der Waals surface area contributed by atoms with E-state index in [1.807, 2.05) is 0 Å². The molecule has 7 nitrogen and oxygen atoms in total. The van der Waals surface area contributed by atoms with E-state index in [1.165, 1.54) is 0 Å². The Hall–Kier alpha value is -1.36. The van der Waals surface area contributed by atoms with Crippen molar-refractivity contribution in [2.75, 3.05) is 19.8 Å². The van der Waals surface area contributed by atoms with Crippen molar-refractivity contribution < 1.29 is 24.9 Å². The van der Waals surface area contributed by atoms with Crippen LogP contribution >= 0.6 is 0 Å². The highest BCUT2D eigenvalue weighted by Crippen LogP contribution is 2.02. The Labute approximate surface area is 87.4 Å². The SMILES string of the molecule is N=C=O.N=C=O.OCCCC(CO)CO. The van der Waals surface area contributed by atoms with Crippen LogP contribution in [0, 0.1) is 16.7 Å². The van der Waals surface area contributed by atoms with Gasteiger partial charge in [0, 0.05) is 25.7 Å². The van der Waals surface area contributed by atoms with Crippen LogP contribution in [0.1, 0.15) is 12.8 Å². The number of carbonyl (C=O) groups excluding carboxylic acids is 2. The zero-order chi connectivity index (χ0) is 12.5. The van der Waals surface area contributed by atoms with E-state index in [0.29, 0.717) is 12.8 Å². The van der Waals surface area contributed by atoms with Gasteiger partial charge in [-0.2, -0.15) is 0 Å². The monoisotopic (exact) mass is 220 g/mol. The molecule has 15 heavy (non-hydrogen) atoms. The van der Waals surface area contributed by atoms with Crippen LogP contribution in [0.15, 0.2) is 0 Å². The van der Waals surface area contributed by atoms with E-state index in [9.17, 15) is 0 Å². The third-order valence-corrected chi connectivity index (χ3v) is 1.29. The van der Waals surface area contributed by atoms with Crippen molar-refractivity contribution in [3.05, 3.63) is 0 Å². The van der Waals surface area contributed by atoms with Crippen LogP contribution in [-0.4, -0.2) is 47.3 Å². The molecule has 88 valence electrons. The van der Waals surface area contributed by atoms with E-state index in [1.54, 1.807) is 0 Å². The summed E-state index contributed by atoms with van der Waals surface area (Å²) in [6, 6.07) is 0. The van der Waals surface area contributed by atoms with Gasteiger partial charge in [0.05, 0.1) is 0 Å². The first kappa shape index (κ1) is 19.2. The van der Waals surface area contributed by atoms with E-state index in [-0.39, 0.29) is 25.7 Å². The summed E-state index contributed by atoms with van der Waals surface area (Å²) in [5.74, 6) is -0.0443. The van der Waals surface area contributed by atoms with Crippen LogP contribution in [-0.2, 0) is 9.59 Å². The second kappa shape index (κ2) is 22.9. The first-order valence-corrected chi connectivity index (χ1v) is 4.08. The largest absolute Gasteiger partial charge is 0.396 e. The summed E-state index contributed by atoms with van der Waals surface area (Å²) >= 11 is 0. The van der Waals surface area contributed by atoms with Gasteiger partial charge in [-0.1, -0.05) is 0 Å². The lowest BCUT2D eigenvalue weighted by atomic mass is 10.1. The first-order valence-electron chi connectivity index (χ1n) is 4.08. The van der Waals surface area contributed by atoms with Gasteiger partial charge in [0.25, 0.3) is 0 Å². The van der Waals surface area contributed by atoms with Crippen molar-refractivity contribution >= 4 is 12.2 Å². The Morgan fingerprint density at radius 3 is 1.53 bits per heavy atom.